The lowest BCUT2D eigenvalue weighted by Gasteiger charge is -2.06. The van der Waals surface area contributed by atoms with Crippen LogP contribution < -0.4 is 0 Å². The fraction of sp³-hybridized carbons (Fsp3) is 0. The van der Waals surface area contributed by atoms with Crippen molar-refractivity contribution in [3.8, 4) is 23.2 Å². The number of benzene rings is 1. The van der Waals surface area contributed by atoms with Crippen molar-refractivity contribution in [1.29, 1.82) is 0 Å². The Labute approximate surface area is 139 Å². The average molecular weight is 332 g/mol. The Hall–Kier alpha value is -3.68. The summed E-state index contributed by atoms with van der Waals surface area (Å²) in [6.45, 7) is 0. The summed E-state index contributed by atoms with van der Waals surface area (Å²) in [5.74, 6) is 0.118. The van der Waals surface area contributed by atoms with Gasteiger partial charge < -0.3 is 8.82 Å². The predicted molar refractivity (Wildman–Crippen MR) is 87.0 cm³/mol. The van der Waals surface area contributed by atoms with E-state index in [4.69, 9.17) is 4.42 Å². The van der Waals surface area contributed by atoms with Crippen LogP contribution in [0.15, 0.2) is 59.5 Å². The summed E-state index contributed by atoms with van der Waals surface area (Å²) in [7, 11) is 0. The largest absolute Gasteiger partial charge is 0.413 e. The first-order valence-corrected chi connectivity index (χ1v) is 7.46. The fourth-order valence-electron chi connectivity index (χ4n) is 2.74. The molecular weight excluding hydrogens is 323 g/mol. The molecule has 0 amide bonds. The number of rotatable bonds is 2. The van der Waals surface area contributed by atoms with Gasteiger partial charge in [-0.1, -0.05) is 0 Å². The van der Waals surface area contributed by atoms with Gasteiger partial charge in [-0.15, -0.1) is 10.2 Å². The van der Waals surface area contributed by atoms with Crippen LogP contribution in [0.1, 0.15) is 0 Å². The van der Waals surface area contributed by atoms with Gasteiger partial charge in [0.25, 0.3) is 11.8 Å². The van der Waals surface area contributed by atoms with E-state index in [9.17, 15) is 4.39 Å². The lowest BCUT2D eigenvalue weighted by molar-refractivity contribution is 0.580. The van der Waals surface area contributed by atoms with Crippen LogP contribution in [0.25, 0.3) is 39.7 Å². The minimum absolute atomic E-state index is 0.232. The molecule has 0 aliphatic rings. The van der Waals surface area contributed by atoms with Crippen LogP contribution >= 0.6 is 0 Å². The number of nitrogens with zero attached hydrogens (tertiary/aromatic N) is 6. The van der Waals surface area contributed by atoms with Crippen molar-refractivity contribution in [3.63, 3.8) is 0 Å². The topological polar surface area (TPSA) is 82.0 Å². The second-order valence-electron chi connectivity index (χ2n) is 5.36. The molecule has 8 heteroatoms. The Morgan fingerprint density at radius 2 is 1.92 bits per heavy atom. The zero-order valence-corrected chi connectivity index (χ0v) is 12.7. The van der Waals surface area contributed by atoms with Gasteiger partial charge in [0.1, 0.15) is 11.5 Å². The van der Waals surface area contributed by atoms with E-state index >= 15 is 0 Å². The zero-order valence-electron chi connectivity index (χ0n) is 12.7. The summed E-state index contributed by atoms with van der Waals surface area (Å²) in [6.07, 6.45) is 6.51. The molecule has 0 N–H and O–H groups in total. The predicted octanol–water partition coefficient (Wildman–Crippen LogP) is 3.13. The highest BCUT2D eigenvalue weighted by molar-refractivity contribution is 5.85. The van der Waals surface area contributed by atoms with E-state index in [-0.39, 0.29) is 17.6 Å². The van der Waals surface area contributed by atoms with Crippen molar-refractivity contribution in [2.75, 3.05) is 0 Å². The van der Waals surface area contributed by atoms with Crippen molar-refractivity contribution in [2.45, 2.75) is 0 Å². The second-order valence-corrected chi connectivity index (χ2v) is 5.36. The quantitative estimate of drug-likeness (QED) is 0.494. The highest BCUT2D eigenvalue weighted by Gasteiger charge is 2.17. The third-order valence-corrected chi connectivity index (χ3v) is 3.83. The van der Waals surface area contributed by atoms with Crippen molar-refractivity contribution in [3.05, 3.63) is 60.9 Å². The highest BCUT2D eigenvalue weighted by atomic mass is 19.1. The molecule has 25 heavy (non-hydrogen) atoms. The van der Waals surface area contributed by atoms with Crippen LogP contribution in [0.2, 0.25) is 0 Å². The summed E-state index contributed by atoms with van der Waals surface area (Å²) in [5, 5.41) is 8.08. The van der Waals surface area contributed by atoms with E-state index in [1.54, 1.807) is 18.5 Å². The van der Waals surface area contributed by atoms with Crippen molar-refractivity contribution < 1.29 is 8.81 Å². The van der Waals surface area contributed by atoms with E-state index in [0.29, 0.717) is 16.9 Å². The third kappa shape index (κ3) is 2.15. The van der Waals surface area contributed by atoms with Gasteiger partial charge in [-0.05, 0) is 24.3 Å². The molecule has 5 aromatic rings. The van der Waals surface area contributed by atoms with Crippen LogP contribution in [0.4, 0.5) is 4.39 Å². The summed E-state index contributed by atoms with van der Waals surface area (Å²) < 4.78 is 21.2. The number of halogens is 1. The first-order valence-electron chi connectivity index (χ1n) is 7.46. The summed E-state index contributed by atoms with van der Waals surface area (Å²) in [6, 6.07) is 8.23. The van der Waals surface area contributed by atoms with Gasteiger partial charge in [-0.2, -0.15) is 0 Å². The molecule has 0 aliphatic carbocycles. The zero-order chi connectivity index (χ0) is 16.8. The smallest absolute Gasteiger partial charge is 0.268 e. The number of hydrogen-bond acceptors (Lipinski definition) is 6. The molecule has 0 saturated heterocycles. The molecule has 1 aromatic carbocycles. The Morgan fingerprint density at radius 3 is 2.80 bits per heavy atom. The molecule has 0 radical (unpaired) electrons. The molecule has 0 atom stereocenters. The van der Waals surface area contributed by atoms with Crippen molar-refractivity contribution >= 4 is 16.6 Å². The molecule has 5 rings (SSSR count). The summed E-state index contributed by atoms with van der Waals surface area (Å²) in [5.41, 5.74) is 3.02. The lowest BCUT2D eigenvalue weighted by atomic mass is 10.2. The molecule has 7 nitrogen and oxygen atoms in total. The molecule has 4 heterocycles. The molecule has 0 bridgehead atoms. The Kier molecular flexibility index (Phi) is 2.84. The van der Waals surface area contributed by atoms with Crippen LogP contribution in [0.3, 0.4) is 0 Å². The maximum absolute atomic E-state index is 13.6. The molecule has 0 aliphatic heterocycles. The van der Waals surface area contributed by atoms with E-state index in [1.807, 2.05) is 22.7 Å². The van der Waals surface area contributed by atoms with E-state index < -0.39 is 0 Å². The van der Waals surface area contributed by atoms with E-state index in [1.165, 1.54) is 18.3 Å². The van der Waals surface area contributed by atoms with Crippen LogP contribution in [-0.4, -0.2) is 29.5 Å². The van der Waals surface area contributed by atoms with E-state index in [2.05, 4.69) is 25.1 Å². The molecular formula is C17H9FN6O. The fourth-order valence-corrected chi connectivity index (χ4v) is 2.74. The van der Waals surface area contributed by atoms with Crippen LogP contribution in [-0.2, 0) is 0 Å². The number of hydrogen-bond donors (Lipinski definition) is 0. The molecule has 0 spiro atoms. The Morgan fingerprint density at radius 1 is 1.00 bits per heavy atom. The van der Waals surface area contributed by atoms with Crippen molar-refractivity contribution in [1.82, 2.24) is 29.5 Å². The number of aromatic nitrogens is 6. The minimum Gasteiger partial charge on any atom is -0.413 e. The molecule has 0 fully saturated rings. The molecule has 0 saturated carbocycles. The van der Waals surface area contributed by atoms with Gasteiger partial charge in [-0.3, -0.25) is 4.98 Å². The van der Waals surface area contributed by atoms with Gasteiger partial charge in [0.05, 0.1) is 22.7 Å². The first-order chi connectivity index (χ1) is 12.3. The van der Waals surface area contributed by atoms with Crippen LogP contribution in [0, 0.1) is 5.82 Å². The lowest BCUT2D eigenvalue weighted by Crippen LogP contribution is -1.95. The second kappa shape index (κ2) is 5.17. The monoisotopic (exact) mass is 332 g/mol. The van der Waals surface area contributed by atoms with Gasteiger partial charge in [0.15, 0.2) is 5.69 Å². The minimum atomic E-state index is -0.358. The van der Waals surface area contributed by atoms with Gasteiger partial charge in [0.2, 0.25) is 0 Å². The van der Waals surface area contributed by atoms with Crippen molar-refractivity contribution in [2.24, 2.45) is 0 Å². The van der Waals surface area contributed by atoms with Gasteiger partial charge >= 0.3 is 0 Å². The normalized spacial score (nSPS) is 11.4. The first kappa shape index (κ1) is 13.7. The summed E-state index contributed by atoms with van der Waals surface area (Å²) >= 11 is 0. The SMILES string of the molecule is Fc1ccc2c(c1)nc(-c1nnc(-c3cnccn3)o1)c1cccn12. The third-order valence-electron chi connectivity index (χ3n) is 3.83. The highest BCUT2D eigenvalue weighted by Crippen LogP contribution is 2.28. The maximum atomic E-state index is 13.6. The standard InChI is InChI=1S/C17H9FN6O/c18-10-3-4-13-11(8-10)21-15(14-2-1-7-24(13)14)17-23-22-16(25-17)12-9-19-5-6-20-12/h1-9H. The molecule has 120 valence electrons. The molecule has 0 unspecified atom stereocenters. The Balaban J connectivity index is 1.74. The van der Waals surface area contributed by atoms with Gasteiger partial charge in [0, 0.05) is 24.7 Å². The average Bonchev–Trinajstić information content (AvgIpc) is 3.31. The number of fused-ring (bicyclic) bond motifs is 3. The molecule has 4 aromatic heterocycles. The Bertz CT molecular complexity index is 1210. The van der Waals surface area contributed by atoms with Gasteiger partial charge in [-0.25, -0.2) is 14.4 Å². The van der Waals surface area contributed by atoms with Crippen LogP contribution in [0.5, 0.6) is 0 Å². The summed E-state index contributed by atoms with van der Waals surface area (Å²) in [4.78, 5) is 12.6. The maximum Gasteiger partial charge on any atom is 0.268 e. The van der Waals surface area contributed by atoms with E-state index in [0.717, 1.165) is 11.0 Å².